The number of urea groups is 1. The predicted molar refractivity (Wildman–Crippen MR) is 119 cm³/mol. The third-order valence-corrected chi connectivity index (χ3v) is 5.14. The van der Waals surface area contributed by atoms with Crippen molar-refractivity contribution in [3.8, 4) is 11.5 Å². The smallest absolute Gasteiger partial charge is 0.335 e. The van der Waals surface area contributed by atoms with Gasteiger partial charge in [0.25, 0.3) is 11.8 Å². The second-order valence-corrected chi connectivity index (χ2v) is 7.65. The molecule has 1 unspecified atom stereocenters. The normalized spacial score (nSPS) is 16.4. The third-order valence-electron chi connectivity index (χ3n) is 4.62. The number of methoxy groups -OCH3 is 1. The molecule has 1 N–H and O–H groups in total. The molecule has 0 bridgehead atoms. The zero-order chi connectivity index (χ0) is 22.7. The Morgan fingerprint density at radius 1 is 1.16 bits per heavy atom. The van der Waals surface area contributed by atoms with Gasteiger partial charge in [0.05, 0.1) is 23.9 Å². The van der Waals surface area contributed by atoms with Crippen LogP contribution in [-0.4, -0.2) is 31.1 Å². The van der Waals surface area contributed by atoms with E-state index in [1.807, 2.05) is 13.8 Å². The Labute approximate surface area is 189 Å². The molecule has 3 rings (SSSR count). The van der Waals surface area contributed by atoms with Gasteiger partial charge < -0.3 is 9.47 Å². The summed E-state index contributed by atoms with van der Waals surface area (Å²) >= 11 is 12.3. The first-order valence-corrected chi connectivity index (χ1v) is 10.2. The Hall–Kier alpha value is -3.03. The van der Waals surface area contributed by atoms with Crippen molar-refractivity contribution < 1.29 is 23.9 Å². The van der Waals surface area contributed by atoms with Crippen LogP contribution in [0.25, 0.3) is 6.08 Å². The maximum absolute atomic E-state index is 13.0. The van der Waals surface area contributed by atoms with E-state index in [0.717, 1.165) is 11.3 Å². The van der Waals surface area contributed by atoms with Gasteiger partial charge in [-0.25, -0.2) is 9.69 Å². The van der Waals surface area contributed by atoms with Gasteiger partial charge >= 0.3 is 6.03 Å². The van der Waals surface area contributed by atoms with Crippen molar-refractivity contribution in [3.63, 3.8) is 0 Å². The van der Waals surface area contributed by atoms with Crippen LogP contribution in [0.5, 0.6) is 11.5 Å². The number of ether oxygens (including phenoxy) is 2. The molecule has 2 aromatic carbocycles. The van der Waals surface area contributed by atoms with E-state index in [1.54, 1.807) is 24.3 Å². The fraction of sp³-hybridized carbons (Fsp3) is 0.227. The first-order chi connectivity index (χ1) is 14.7. The van der Waals surface area contributed by atoms with E-state index in [1.165, 1.54) is 25.3 Å². The number of benzene rings is 2. The summed E-state index contributed by atoms with van der Waals surface area (Å²) in [4.78, 5) is 38.5. The number of halogens is 2. The van der Waals surface area contributed by atoms with E-state index in [-0.39, 0.29) is 22.4 Å². The van der Waals surface area contributed by atoms with Crippen molar-refractivity contribution in [2.45, 2.75) is 26.4 Å². The molecule has 1 fully saturated rings. The van der Waals surface area contributed by atoms with Crippen LogP contribution in [0.1, 0.15) is 25.8 Å². The summed E-state index contributed by atoms with van der Waals surface area (Å²) in [6, 6.07) is 8.48. The number of imide groups is 2. The average Bonchev–Trinajstić information content (AvgIpc) is 2.72. The van der Waals surface area contributed by atoms with Crippen LogP contribution in [-0.2, 0) is 9.59 Å². The Kier molecular flexibility index (Phi) is 6.87. The lowest BCUT2D eigenvalue weighted by molar-refractivity contribution is -0.122. The van der Waals surface area contributed by atoms with Crippen LogP contribution in [0.15, 0.2) is 42.0 Å². The fourth-order valence-electron chi connectivity index (χ4n) is 2.90. The highest BCUT2D eigenvalue weighted by atomic mass is 35.5. The minimum atomic E-state index is -0.859. The van der Waals surface area contributed by atoms with Crippen molar-refractivity contribution in [2.24, 2.45) is 0 Å². The Balaban J connectivity index is 2.01. The van der Waals surface area contributed by atoms with Gasteiger partial charge in [0.2, 0.25) is 0 Å². The quantitative estimate of drug-likeness (QED) is 0.489. The Bertz CT molecular complexity index is 1080. The minimum absolute atomic E-state index is 0.0847. The number of hydrogen-bond donors (Lipinski definition) is 1. The van der Waals surface area contributed by atoms with E-state index in [4.69, 9.17) is 32.7 Å². The van der Waals surface area contributed by atoms with Crippen LogP contribution in [0, 0.1) is 0 Å². The van der Waals surface area contributed by atoms with Gasteiger partial charge in [0.15, 0.2) is 11.5 Å². The van der Waals surface area contributed by atoms with Crippen molar-refractivity contribution in [1.82, 2.24) is 5.32 Å². The van der Waals surface area contributed by atoms with E-state index >= 15 is 0 Å². The number of hydrogen-bond acceptors (Lipinski definition) is 5. The second-order valence-electron chi connectivity index (χ2n) is 6.81. The molecule has 0 aliphatic carbocycles. The highest BCUT2D eigenvalue weighted by molar-refractivity contribution is 6.39. The molecule has 9 heteroatoms. The molecule has 31 heavy (non-hydrogen) atoms. The lowest BCUT2D eigenvalue weighted by Gasteiger charge is -2.26. The molecule has 1 atom stereocenters. The zero-order valence-electron chi connectivity index (χ0n) is 17.1. The molecule has 7 nitrogen and oxygen atoms in total. The lowest BCUT2D eigenvalue weighted by Crippen LogP contribution is -2.54. The zero-order valence-corrected chi connectivity index (χ0v) is 18.6. The summed E-state index contributed by atoms with van der Waals surface area (Å²) in [6.07, 6.45) is 2.02. The minimum Gasteiger partial charge on any atom is -0.493 e. The molecule has 2 aromatic rings. The predicted octanol–water partition coefficient (Wildman–Crippen LogP) is 4.85. The molecule has 1 aliphatic rings. The number of rotatable bonds is 6. The maximum atomic E-state index is 13.0. The molecule has 1 saturated heterocycles. The van der Waals surface area contributed by atoms with Gasteiger partial charge in [-0.2, -0.15) is 0 Å². The topological polar surface area (TPSA) is 84.9 Å². The van der Waals surface area contributed by atoms with E-state index in [2.05, 4.69) is 5.32 Å². The first kappa shape index (κ1) is 22.7. The molecule has 0 radical (unpaired) electrons. The molecule has 0 saturated carbocycles. The first-order valence-electron chi connectivity index (χ1n) is 9.46. The highest BCUT2D eigenvalue weighted by Crippen LogP contribution is 2.38. The number of amides is 4. The second kappa shape index (κ2) is 9.41. The van der Waals surface area contributed by atoms with Crippen LogP contribution >= 0.6 is 23.2 Å². The average molecular weight is 463 g/mol. The van der Waals surface area contributed by atoms with Crippen molar-refractivity contribution in [3.05, 3.63) is 57.6 Å². The molecule has 0 spiro atoms. The number of nitrogens with zero attached hydrogens (tertiary/aromatic N) is 1. The molecule has 162 valence electrons. The van der Waals surface area contributed by atoms with E-state index in [9.17, 15) is 14.4 Å². The summed E-state index contributed by atoms with van der Waals surface area (Å²) < 4.78 is 11.2. The molecule has 1 heterocycles. The van der Waals surface area contributed by atoms with Gasteiger partial charge in [-0.3, -0.25) is 14.9 Å². The third kappa shape index (κ3) is 4.84. The molecule has 4 amide bonds. The van der Waals surface area contributed by atoms with Crippen LogP contribution in [0.4, 0.5) is 10.5 Å². The number of nitrogens with one attached hydrogen (secondary N) is 1. The van der Waals surface area contributed by atoms with Crippen molar-refractivity contribution in [1.29, 1.82) is 0 Å². The molecular weight excluding hydrogens is 443 g/mol. The number of anilines is 1. The molecular formula is C22H20Cl2N2O5. The van der Waals surface area contributed by atoms with Crippen molar-refractivity contribution in [2.75, 3.05) is 12.0 Å². The highest BCUT2D eigenvalue weighted by Gasteiger charge is 2.37. The lowest BCUT2D eigenvalue weighted by atomic mass is 10.1. The number of carbonyl (C=O) groups is 3. The summed E-state index contributed by atoms with van der Waals surface area (Å²) in [6.45, 7) is 3.88. The number of carbonyl (C=O) groups excluding carboxylic acids is 3. The SMILES string of the molecule is CCC(C)Oc1c(Cl)cc(C=C2C(=O)NC(=O)N(c3cccc(Cl)c3)C2=O)cc1OC. The monoisotopic (exact) mass is 462 g/mol. The maximum Gasteiger partial charge on any atom is 0.335 e. The standard InChI is InChI=1S/C22H20Cl2N2O5/c1-4-12(2)31-19-17(24)9-13(10-18(19)30-3)8-16-20(27)25-22(29)26(21(16)28)15-7-5-6-14(23)11-15/h5-12H,4H2,1-3H3,(H,25,27,29). The summed E-state index contributed by atoms with van der Waals surface area (Å²) in [7, 11) is 1.46. The number of barbiturate groups is 1. The van der Waals surface area contributed by atoms with E-state index < -0.39 is 17.8 Å². The van der Waals surface area contributed by atoms with Crippen LogP contribution in [0.2, 0.25) is 10.0 Å². The molecule has 1 aliphatic heterocycles. The van der Waals surface area contributed by atoms with Crippen LogP contribution in [0.3, 0.4) is 0 Å². The van der Waals surface area contributed by atoms with Gasteiger partial charge in [-0.1, -0.05) is 36.2 Å². The largest absolute Gasteiger partial charge is 0.493 e. The van der Waals surface area contributed by atoms with E-state index in [0.29, 0.717) is 22.1 Å². The van der Waals surface area contributed by atoms with Crippen LogP contribution < -0.4 is 19.7 Å². The van der Waals surface area contributed by atoms with Gasteiger partial charge in [0, 0.05) is 5.02 Å². The van der Waals surface area contributed by atoms with Gasteiger partial charge in [-0.15, -0.1) is 0 Å². The van der Waals surface area contributed by atoms with Gasteiger partial charge in [-0.05, 0) is 55.3 Å². The van der Waals surface area contributed by atoms with Gasteiger partial charge in [0.1, 0.15) is 5.57 Å². The van der Waals surface area contributed by atoms with Crippen molar-refractivity contribution >= 4 is 52.8 Å². The Morgan fingerprint density at radius 3 is 2.55 bits per heavy atom. The summed E-state index contributed by atoms with van der Waals surface area (Å²) in [5.74, 6) is -0.878. The fourth-order valence-corrected chi connectivity index (χ4v) is 3.34. The Morgan fingerprint density at radius 2 is 1.90 bits per heavy atom. The summed E-state index contributed by atoms with van der Waals surface area (Å²) in [5, 5.41) is 2.77. The summed E-state index contributed by atoms with van der Waals surface area (Å²) in [5.41, 5.74) is 0.423. The molecule has 0 aromatic heterocycles.